The van der Waals surface area contributed by atoms with Crippen molar-refractivity contribution in [1.82, 2.24) is 25.4 Å². The highest BCUT2D eigenvalue weighted by Crippen LogP contribution is 2.38. The molecule has 172 valence electrons. The van der Waals surface area contributed by atoms with Crippen LogP contribution >= 0.6 is 11.3 Å². The van der Waals surface area contributed by atoms with E-state index >= 15 is 0 Å². The first kappa shape index (κ1) is 21.1. The fraction of sp³-hybridized carbons (Fsp3) is 0.462. The zero-order valence-electron chi connectivity index (χ0n) is 19.0. The Morgan fingerprint density at radius 2 is 2.06 bits per heavy atom. The minimum Gasteiger partial charge on any atom is -0.335 e. The zero-order chi connectivity index (χ0) is 22.2. The van der Waals surface area contributed by atoms with Gasteiger partial charge in [0.1, 0.15) is 0 Å². The summed E-state index contributed by atoms with van der Waals surface area (Å²) in [5.74, 6) is 0. The Bertz CT molecular complexity index is 1110. The molecule has 4 aliphatic rings. The number of fused-ring (bicyclic) bond motifs is 1. The summed E-state index contributed by atoms with van der Waals surface area (Å²) in [4.78, 5) is 24.4. The maximum Gasteiger partial charge on any atom is 0.317 e. The molecule has 0 radical (unpaired) electrons. The van der Waals surface area contributed by atoms with E-state index in [1.807, 2.05) is 22.4 Å². The molecule has 1 saturated heterocycles. The third-order valence-electron chi connectivity index (χ3n) is 7.04. The van der Waals surface area contributed by atoms with Gasteiger partial charge in [0.15, 0.2) is 0 Å². The second-order valence-corrected chi connectivity index (χ2v) is 10.6. The van der Waals surface area contributed by atoms with E-state index in [2.05, 4.69) is 45.9 Å². The van der Waals surface area contributed by atoms with Gasteiger partial charge in [0, 0.05) is 85.4 Å². The molecule has 2 aliphatic heterocycles. The Morgan fingerprint density at radius 1 is 1.18 bits per heavy atom. The number of aromatic nitrogens is 1. The lowest BCUT2D eigenvalue weighted by molar-refractivity contribution is 0.201. The van der Waals surface area contributed by atoms with E-state index < -0.39 is 0 Å². The van der Waals surface area contributed by atoms with Crippen LogP contribution in [-0.4, -0.2) is 66.1 Å². The molecule has 2 aromatic heterocycles. The number of hydrogen-bond acceptors (Lipinski definition) is 5. The predicted octanol–water partition coefficient (Wildman–Crippen LogP) is 3.66. The number of thiophene rings is 1. The molecule has 2 amide bonds. The molecule has 4 heterocycles. The van der Waals surface area contributed by atoms with Crippen LogP contribution in [0.3, 0.4) is 0 Å². The highest BCUT2D eigenvalue weighted by molar-refractivity contribution is 7.15. The van der Waals surface area contributed by atoms with Crippen molar-refractivity contribution < 1.29 is 4.79 Å². The van der Waals surface area contributed by atoms with Gasteiger partial charge in [-0.05, 0) is 48.6 Å². The summed E-state index contributed by atoms with van der Waals surface area (Å²) in [5.41, 5.74) is 6.32. The molecule has 2 N–H and O–H groups in total. The first-order valence-corrected chi connectivity index (χ1v) is 13.0. The third-order valence-corrected chi connectivity index (χ3v) is 8.16. The third kappa shape index (κ3) is 4.63. The molecule has 0 aromatic carbocycles. The number of amides is 2. The second kappa shape index (κ2) is 9.05. The van der Waals surface area contributed by atoms with Gasteiger partial charge in [-0.15, -0.1) is 11.3 Å². The summed E-state index contributed by atoms with van der Waals surface area (Å²) >= 11 is 1.89. The number of carbonyl (C=O) groups excluding carboxylic acids is 1. The summed E-state index contributed by atoms with van der Waals surface area (Å²) in [6.07, 6.45) is 10.6. The smallest absolute Gasteiger partial charge is 0.317 e. The Hall–Kier alpha value is -2.48. The molecule has 33 heavy (non-hydrogen) atoms. The number of urea groups is 1. The number of piperazine rings is 1. The Morgan fingerprint density at radius 3 is 2.85 bits per heavy atom. The summed E-state index contributed by atoms with van der Waals surface area (Å²) in [5, 5.41) is 6.53. The van der Waals surface area contributed by atoms with Crippen molar-refractivity contribution in [3.63, 3.8) is 0 Å². The monoisotopic (exact) mass is 461 g/mol. The minimum absolute atomic E-state index is 0.0897. The van der Waals surface area contributed by atoms with E-state index in [1.54, 1.807) is 0 Å². The summed E-state index contributed by atoms with van der Waals surface area (Å²) in [7, 11) is 0. The Labute approximate surface area is 199 Å². The highest BCUT2D eigenvalue weighted by Gasteiger charge is 2.28. The standard InChI is InChI=1S/C26H31N5OS/c32-26(29-20-1-2-20)31-11-7-18(8-12-31)22-4-5-24-23(22)15-19(16-28-24)25-6-3-21(33-25)17-30-13-9-27-10-14-30/h3-4,6-7,15-16,20,27H,1-2,5,8-14,17H2,(H,29,32). The van der Waals surface area contributed by atoms with Gasteiger partial charge in [0.25, 0.3) is 0 Å². The molecular formula is C26H31N5OS. The van der Waals surface area contributed by atoms with Gasteiger partial charge in [0.05, 0.1) is 5.69 Å². The van der Waals surface area contributed by atoms with Crippen LogP contribution in [0.5, 0.6) is 0 Å². The van der Waals surface area contributed by atoms with Crippen molar-refractivity contribution in [2.75, 3.05) is 39.3 Å². The van der Waals surface area contributed by atoms with Crippen molar-refractivity contribution in [3.05, 3.63) is 58.3 Å². The van der Waals surface area contributed by atoms with Crippen LogP contribution in [0, 0.1) is 0 Å². The fourth-order valence-electron chi connectivity index (χ4n) is 4.94. The van der Waals surface area contributed by atoms with E-state index in [1.165, 1.54) is 37.7 Å². The van der Waals surface area contributed by atoms with E-state index in [0.717, 1.165) is 65.0 Å². The van der Waals surface area contributed by atoms with Gasteiger partial charge < -0.3 is 15.5 Å². The quantitative estimate of drug-likeness (QED) is 0.714. The van der Waals surface area contributed by atoms with Crippen molar-refractivity contribution in [1.29, 1.82) is 0 Å². The van der Waals surface area contributed by atoms with Crippen LogP contribution < -0.4 is 10.6 Å². The number of hydrogen-bond donors (Lipinski definition) is 2. The first-order valence-electron chi connectivity index (χ1n) is 12.2. The molecule has 6 nitrogen and oxygen atoms in total. The van der Waals surface area contributed by atoms with Gasteiger partial charge in [-0.2, -0.15) is 0 Å². The number of nitrogens with one attached hydrogen (secondary N) is 2. The van der Waals surface area contributed by atoms with Crippen LogP contribution in [-0.2, 0) is 13.0 Å². The normalized spacial score (nSPS) is 20.9. The molecule has 2 aliphatic carbocycles. The number of pyridine rings is 1. The molecule has 0 bridgehead atoms. The van der Waals surface area contributed by atoms with Crippen LogP contribution in [0.4, 0.5) is 4.79 Å². The maximum absolute atomic E-state index is 12.4. The van der Waals surface area contributed by atoms with Gasteiger partial charge in [-0.1, -0.05) is 12.2 Å². The molecule has 2 aromatic rings. The van der Waals surface area contributed by atoms with Crippen LogP contribution in [0.15, 0.2) is 42.1 Å². The lowest BCUT2D eigenvalue weighted by atomic mass is 9.95. The van der Waals surface area contributed by atoms with Crippen molar-refractivity contribution in [2.45, 2.75) is 38.3 Å². The number of allylic oxidation sites excluding steroid dienone is 2. The average Bonchev–Trinajstić information content (AvgIpc) is 3.37. The molecule has 1 saturated carbocycles. The van der Waals surface area contributed by atoms with E-state index in [4.69, 9.17) is 4.98 Å². The number of rotatable bonds is 5. The van der Waals surface area contributed by atoms with Crippen LogP contribution in [0.25, 0.3) is 16.0 Å². The maximum atomic E-state index is 12.4. The second-order valence-electron chi connectivity index (χ2n) is 9.48. The minimum atomic E-state index is 0.0897. The SMILES string of the molecule is O=C(NC1CC1)N1CC=C(C2=CCc3ncc(-c4ccc(CN5CCNCC5)s4)cc32)CC1. The lowest BCUT2D eigenvalue weighted by Crippen LogP contribution is -2.43. The largest absolute Gasteiger partial charge is 0.335 e. The summed E-state index contributed by atoms with van der Waals surface area (Å²) < 4.78 is 0. The molecule has 0 unspecified atom stereocenters. The first-order chi connectivity index (χ1) is 16.2. The summed E-state index contributed by atoms with van der Waals surface area (Å²) in [6, 6.07) is 7.35. The van der Waals surface area contributed by atoms with Gasteiger partial charge in [-0.3, -0.25) is 9.88 Å². The highest BCUT2D eigenvalue weighted by atomic mass is 32.1. The van der Waals surface area contributed by atoms with E-state index in [0.29, 0.717) is 12.6 Å². The average molecular weight is 462 g/mol. The number of nitrogens with zero attached hydrogens (tertiary/aromatic N) is 3. The van der Waals surface area contributed by atoms with Crippen LogP contribution in [0.2, 0.25) is 0 Å². The fourth-order valence-corrected chi connectivity index (χ4v) is 5.97. The van der Waals surface area contributed by atoms with Crippen LogP contribution in [0.1, 0.15) is 35.4 Å². The van der Waals surface area contributed by atoms with E-state index in [9.17, 15) is 4.79 Å². The Balaban J connectivity index is 1.16. The topological polar surface area (TPSA) is 60.5 Å². The molecule has 6 rings (SSSR count). The molecule has 0 atom stereocenters. The molecular weight excluding hydrogens is 430 g/mol. The van der Waals surface area contributed by atoms with E-state index in [-0.39, 0.29) is 6.03 Å². The van der Waals surface area contributed by atoms with Crippen molar-refractivity contribution >= 4 is 22.9 Å². The number of carbonyl (C=O) groups is 1. The molecule has 0 spiro atoms. The summed E-state index contributed by atoms with van der Waals surface area (Å²) in [6.45, 7) is 6.92. The molecule has 7 heteroatoms. The Kier molecular flexibility index (Phi) is 5.78. The zero-order valence-corrected chi connectivity index (χ0v) is 19.8. The van der Waals surface area contributed by atoms with Gasteiger partial charge in [0.2, 0.25) is 0 Å². The van der Waals surface area contributed by atoms with Crippen molar-refractivity contribution in [2.24, 2.45) is 0 Å². The van der Waals surface area contributed by atoms with Gasteiger partial charge in [-0.25, -0.2) is 4.79 Å². The van der Waals surface area contributed by atoms with Gasteiger partial charge >= 0.3 is 6.03 Å². The van der Waals surface area contributed by atoms with Crippen molar-refractivity contribution in [3.8, 4) is 10.4 Å². The molecule has 2 fully saturated rings. The predicted molar refractivity (Wildman–Crippen MR) is 133 cm³/mol. The lowest BCUT2D eigenvalue weighted by Gasteiger charge is -2.27.